The first-order valence-electron chi connectivity index (χ1n) is 9.29. The molecule has 0 radical (unpaired) electrons. The van der Waals surface area contributed by atoms with Crippen LogP contribution < -0.4 is 11.5 Å². The zero-order chi connectivity index (χ0) is 21.2. The minimum Gasteiger partial charge on any atom is -0.393 e. The van der Waals surface area contributed by atoms with Crippen LogP contribution in [0.3, 0.4) is 0 Å². The number of rotatable bonds is 6. The number of hydrogen-bond acceptors (Lipinski definition) is 9. The quantitative estimate of drug-likeness (QED) is 0.292. The van der Waals surface area contributed by atoms with Gasteiger partial charge in [0.1, 0.15) is 17.7 Å². The van der Waals surface area contributed by atoms with E-state index < -0.39 is 36.6 Å². The van der Waals surface area contributed by atoms with Gasteiger partial charge in [0.15, 0.2) is 23.3 Å². The lowest BCUT2D eigenvalue weighted by molar-refractivity contribution is -0.163. The van der Waals surface area contributed by atoms with Crippen LogP contribution in [-0.2, 0) is 9.53 Å². The fourth-order valence-electron chi connectivity index (χ4n) is 3.21. The van der Waals surface area contributed by atoms with Crippen molar-refractivity contribution >= 4 is 22.9 Å². The van der Waals surface area contributed by atoms with E-state index in [-0.39, 0.29) is 22.8 Å². The van der Waals surface area contributed by atoms with Crippen molar-refractivity contribution < 1.29 is 24.9 Å². The number of hydrogen-bond donors (Lipinski definition) is 5. The van der Waals surface area contributed by atoms with Crippen LogP contribution >= 0.6 is 0 Å². The third-order valence-electron chi connectivity index (χ3n) is 4.90. The predicted molar refractivity (Wildman–Crippen MR) is 102 cm³/mol. The number of aromatic nitrogens is 4. The van der Waals surface area contributed by atoms with Gasteiger partial charge in [-0.15, -0.1) is 0 Å². The van der Waals surface area contributed by atoms with Crippen molar-refractivity contribution in [1.82, 2.24) is 19.5 Å². The Kier molecular flexibility index (Phi) is 5.99. The molecule has 7 N–H and O–H groups in total. The summed E-state index contributed by atoms with van der Waals surface area (Å²) < 4.78 is 6.80. The molecule has 2 aromatic heterocycles. The highest BCUT2D eigenvalue weighted by molar-refractivity contribution is 5.85. The van der Waals surface area contributed by atoms with Crippen molar-refractivity contribution in [3.8, 4) is 11.8 Å². The Bertz CT molecular complexity index is 967. The minimum absolute atomic E-state index is 0.0861. The Hall–Kier alpha value is -2.78. The topological polar surface area (TPSA) is 183 Å². The van der Waals surface area contributed by atoms with Crippen molar-refractivity contribution in [2.24, 2.45) is 5.73 Å². The smallest absolute Gasteiger partial charge is 0.255 e. The van der Waals surface area contributed by atoms with Crippen molar-refractivity contribution in [3.63, 3.8) is 0 Å². The minimum atomic E-state index is -2.15. The molecule has 0 saturated carbocycles. The lowest BCUT2D eigenvalue weighted by Crippen LogP contribution is -2.56. The van der Waals surface area contributed by atoms with Gasteiger partial charge in [-0.1, -0.05) is 25.7 Å². The maximum Gasteiger partial charge on any atom is 0.255 e. The van der Waals surface area contributed by atoms with Crippen molar-refractivity contribution in [3.05, 3.63) is 12.2 Å². The summed E-state index contributed by atoms with van der Waals surface area (Å²) in [5.41, 5.74) is 9.52. The number of imidazole rings is 1. The Morgan fingerprint density at radius 2 is 2.14 bits per heavy atom. The Labute approximate surface area is 166 Å². The number of ether oxygens (including phenoxy) is 1. The fraction of sp³-hybridized carbons (Fsp3) is 0.556. The maximum atomic E-state index is 11.8. The highest BCUT2D eigenvalue weighted by Crippen LogP contribution is 2.38. The average molecular weight is 404 g/mol. The van der Waals surface area contributed by atoms with Gasteiger partial charge in [0, 0.05) is 6.42 Å². The number of primary amides is 1. The van der Waals surface area contributed by atoms with Crippen LogP contribution in [0.1, 0.15) is 44.7 Å². The van der Waals surface area contributed by atoms with E-state index in [1.54, 1.807) is 0 Å². The molecule has 3 heterocycles. The standard InChI is InChI=1S/C18H24N6O5/c1-2-3-4-5-6-7-10-22-14(19)11-15(23-10)24(9-21-11)16-12(26)13(27)18(8-25,29-16)17(20)28/h9,12-13,16,25-27H,2-5,8H2,1H3,(H2,20,28)(H2,19,22,23)/t12-,13+,16-,18-/m1/s1. The van der Waals surface area contributed by atoms with Crippen LogP contribution in [0.2, 0.25) is 0 Å². The molecule has 1 amide bonds. The van der Waals surface area contributed by atoms with Crippen molar-refractivity contribution in [1.29, 1.82) is 0 Å². The number of aliphatic hydroxyl groups is 3. The largest absolute Gasteiger partial charge is 0.393 e. The van der Waals surface area contributed by atoms with E-state index in [0.29, 0.717) is 6.42 Å². The molecule has 4 atom stereocenters. The summed E-state index contributed by atoms with van der Waals surface area (Å²) in [6, 6.07) is 0. The van der Waals surface area contributed by atoms with Gasteiger partial charge in [-0.2, -0.15) is 0 Å². The zero-order valence-corrected chi connectivity index (χ0v) is 15.9. The SMILES string of the molecule is CCCCCC#Cc1nc(N)c2ncn([C@@H]3O[C@@](CO)(C(N)=O)[C@@H](O)[C@H]3O)c2n1. The summed E-state index contributed by atoms with van der Waals surface area (Å²) >= 11 is 0. The molecule has 1 fully saturated rings. The van der Waals surface area contributed by atoms with E-state index in [4.69, 9.17) is 16.2 Å². The molecular weight excluding hydrogens is 380 g/mol. The number of anilines is 1. The van der Waals surface area contributed by atoms with Gasteiger partial charge in [0.05, 0.1) is 12.9 Å². The number of unbranched alkanes of at least 4 members (excludes halogenated alkanes) is 3. The third kappa shape index (κ3) is 3.63. The molecule has 29 heavy (non-hydrogen) atoms. The van der Waals surface area contributed by atoms with Crippen LogP contribution in [-0.4, -0.2) is 65.2 Å². The molecule has 11 nitrogen and oxygen atoms in total. The second kappa shape index (κ2) is 8.30. The van der Waals surface area contributed by atoms with E-state index in [0.717, 1.165) is 19.3 Å². The van der Waals surface area contributed by atoms with Gasteiger partial charge >= 0.3 is 0 Å². The molecule has 11 heteroatoms. The van der Waals surface area contributed by atoms with E-state index in [2.05, 4.69) is 33.7 Å². The summed E-state index contributed by atoms with van der Waals surface area (Å²) in [5.74, 6) is 4.99. The number of nitrogen functional groups attached to an aromatic ring is 1. The van der Waals surface area contributed by atoms with Crippen molar-refractivity contribution in [2.75, 3.05) is 12.3 Å². The number of aliphatic hydroxyl groups excluding tert-OH is 3. The predicted octanol–water partition coefficient (Wildman–Crippen LogP) is -1.19. The molecule has 0 aliphatic carbocycles. The van der Waals surface area contributed by atoms with Crippen LogP contribution in [0.4, 0.5) is 5.82 Å². The Balaban J connectivity index is 1.97. The summed E-state index contributed by atoms with van der Waals surface area (Å²) in [6.07, 6.45) is 0.508. The first-order chi connectivity index (χ1) is 13.9. The van der Waals surface area contributed by atoms with E-state index in [1.807, 2.05) is 0 Å². The van der Waals surface area contributed by atoms with Gasteiger partial charge in [-0.3, -0.25) is 9.36 Å². The van der Waals surface area contributed by atoms with Crippen LogP contribution in [0.25, 0.3) is 11.2 Å². The van der Waals surface area contributed by atoms with Gasteiger partial charge in [-0.05, 0) is 12.3 Å². The van der Waals surface area contributed by atoms with Crippen LogP contribution in [0.15, 0.2) is 6.33 Å². The number of nitrogens with zero attached hydrogens (tertiary/aromatic N) is 4. The summed E-state index contributed by atoms with van der Waals surface area (Å²) in [6.45, 7) is 1.20. The number of amides is 1. The van der Waals surface area contributed by atoms with Crippen molar-refractivity contribution in [2.45, 2.75) is 56.6 Å². The summed E-state index contributed by atoms with van der Waals surface area (Å²) in [7, 11) is 0. The number of fused-ring (bicyclic) bond motifs is 1. The Morgan fingerprint density at radius 3 is 2.76 bits per heavy atom. The highest BCUT2D eigenvalue weighted by Gasteiger charge is 2.58. The molecule has 0 spiro atoms. The zero-order valence-electron chi connectivity index (χ0n) is 15.9. The number of carbonyl (C=O) groups excluding carboxylic acids is 1. The van der Waals surface area contributed by atoms with Gasteiger partial charge in [-0.25, -0.2) is 15.0 Å². The third-order valence-corrected chi connectivity index (χ3v) is 4.90. The van der Waals surface area contributed by atoms with Gasteiger partial charge < -0.3 is 31.5 Å². The molecule has 1 aliphatic rings. The average Bonchev–Trinajstić information content (AvgIpc) is 3.22. The molecule has 0 aromatic carbocycles. The van der Waals surface area contributed by atoms with Gasteiger partial charge in [0.2, 0.25) is 5.82 Å². The monoisotopic (exact) mass is 404 g/mol. The second-order valence-corrected chi connectivity index (χ2v) is 6.87. The summed E-state index contributed by atoms with van der Waals surface area (Å²) in [4.78, 5) is 24.3. The van der Waals surface area contributed by atoms with Crippen LogP contribution in [0, 0.1) is 11.8 Å². The van der Waals surface area contributed by atoms with E-state index in [1.165, 1.54) is 10.9 Å². The maximum absolute atomic E-state index is 11.8. The highest BCUT2D eigenvalue weighted by atomic mass is 16.6. The van der Waals surface area contributed by atoms with E-state index >= 15 is 0 Å². The van der Waals surface area contributed by atoms with Gasteiger partial charge in [0.25, 0.3) is 5.91 Å². The number of carbonyl (C=O) groups is 1. The Morgan fingerprint density at radius 1 is 1.38 bits per heavy atom. The normalized spacial score (nSPS) is 26.4. The molecule has 156 valence electrons. The first kappa shape index (κ1) is 20.9. The number of nitrogens with two attached hydrogens (primary N) is 2. The van der Waals surface area contributed by atoms with Crippen LogP contribution in [0.5, 0.6) is 0 Å². The molecule has 0 bridgehead atoms. The molecule has 2 aromatic rings. The molecular formula is C18H24N6O5. The second-order valence-electron chi connectivity index (χ2n) is 6.87. The molecule has 1 aliphatic heterocycles. The lowest BCUT2D eigenvalue weighted by atomic mass is 9.95. The van der Waals surface area contributed by atoms with E-state index in [9.17, 15) is 20.1 Å². The fourth-order valence-corrected chi connectivity index (χ4v) is 3.21. The molecule has 0 unspecified atom stereocenters. The summed E-state index contributed by atoms with van der Waals surface area (Å²) in [5, 5.41) is 30.3. The lowest BCUT2D eigenvalue weighted by Gasteiger charge is -2.25. The first-order valence-corrected chi connectivity index (χ1v) is 9.29. The molecule has 1 saturated heterocycles. The molecule has 3 rings (SSSR count).